The Labute approximate surface area is 161 Å². The second-order valence-electron chi connectivity index (χ2n) is 6.49. The molecule has 3 nitrogen and oxygen atoms in total. The third-order valence-corrected chi connectivity index (χ3v) is 4.19. The van der Waals surface area contributed by atoms with Crippen molar-refractivity contribution in [3.63, 3.8) is 0 Å². The maximum atomic E-state index is 11.5. The first kappa shape index (κ1) is 24.5. The van der Waals surface area contributed by atoms with Crippen LogP contribution in [-0.4, -0.2) is 19.7 Å². The average molecular weight is 365 g/mol. The molecule has 0 aliphatic heterocycles. The maximum Gasteiger partial charge on any atom is 0.373 e. The molecule has 0 aromatic heterocycles. The second-order valence-corrected chi connectivity index (χ2v) is 6.49. The molecule has 0 rings (SSSR count). The van der Waals surface area contributed by atoms with Gasteiger partial charge in [0.25, 0.3) is 0 Å². The number of carbonyl (C=O) groups is 1. The van der Waals surface area contributed by atoms with Crippen molar-refractivity contribution in [1.82, 2.24) is 0 Å². The van der Waals surface area contributed by atoms with Gasteiger partial charge in [0, 0.05) is 0 Å². The third kappa shape index (κ3) is 16.0. The predicted molar refractivity (Wildman–Crippen MR) is 111 cm³/mol. The Morgan fingerprint density at radius 2 is 1.35 bits per heavy atom. The van der Waals surface area contributed by atoms with Gasteiger partial charge in [-0.25, -0.2) is 4.79 Å². The smallest absolute Gasteiger partial charge is 0.373 e. The van der Waals surface area contributed by atoms with Gasteiger partial charge >= 0.3 is 5.97 Å². The molecule has 0 amide bonds. The molecule has 3 heteroatoms. The molecule has 0 aromatic rings. The van der Waals surface area contributed by atoms with E-state index in [1.54, 1.807) is 6.92 Å². The minimum Gasteiger partial charge on any atom is -0.490 e. The minimum absolute atomic E-state index is 0.335. The first-order valence-electron chi connectivity index (χ1n) is 10.5. The minimum atomic E-state index is -0.359. The summed E-state index contributed by atoms with van der Waals surface area (Å²) in [6.07, 6.45) is 25.4. The fourth-order valence-electron chi connectivity index (χ4n) is 2.71. The van der Waals surface area contributed by atoms with Crippen LogP contribution in [0.15, 0.2) is 36.1 Å². The molecule has 0 aliphatic carbocycles. The van der Waals surface area contributed by atoms with Crippen LogP contribution < -0.4 is 0 Å². The molecule has 0 atom stereocenters. The van der Waals surface area contributed by atoms with Crippen LogP contribution in [0.2, 0.25) is 0 Å². The summed E-state index contributed by atoms with van der Waals surface area (Å²) in [5.74, 6) is -0.0236. The molecule has 0 N–H and O–H groups in total. The normalized spacial score (nSPS) is 12.2. The lowest BCUT2D eigenvalue weighted by molar-refractivity contribution is -0.142. The van der Waals surface area contributed by atoms with Gasteiger partial charge in [0.05, 0.1) is 13.7 Å². The van der Waals surface area contributed by atoms with Crippen LogP contribution in [-0.2, 0) is 14.3 Å². The highest BCUT2D eigenvalue weighted by molar-refractivity contribution is 5.86. The lowest BCUT2D eigenvalue weighted by Gasteiger charge is -2.05. The highest BCUT2D eigenvalue weighted by Gasteiger charge is 2.09. The number of hydrogen-bond acceptors (Lipinski definition) is 3. The van der Waals surface area contributed by atoms with Crippen molar-refractivity contribution < 1.29 is 14.3 Å². The summed E-state index contributed by atoms with van der Waals surface area (Å²) >= 11 is 0. The van der Waals surface area contributed by atoms with E-state index in [1.807, 2.05) is 6.08 Å². The van der Waals surface area contributed by atoms with E-state index in [9.17, 15) is 4.79 Å². The molecule has 0 bridgehead atoms. The van der Waals surface area contributed by atoms with Crippen molar-refractivity contribution in [1.29, 1.82) is 0 Å². The zero-order chi connectivity index (χ0) is 19.3. The quantitative estimate of drug-likeness (QED) is 0.0926. The number of unbranched alkanes of at least 4 members (excludes halogenated alkanes) is 9. The second kappa shape index (κ2) is 19.8. The Bertz CT molecular complexity index is 408. The highest BCUT2D eigenvalue weighted by Crippen LogP contribution is 2.12. The number of rotatable bonds is 17. The summed E-state index contributed by atoms with van der Waals surface area (Å²) in [6.45, 7) is 4.35. The van der Waals surface area contributed by atoms with Gasteiger partial charge in [-0.15, -0.1) is 0 Å². The van der Waals surface area contributed by atoms with E-state index in [2.05, 4.69) is 31.2 Å². The Hall–Kier alpha value is -1.51. The molecule has 150 valence electrons. The van der Waals surface area contributed by atoms with E-state index in [1.165, 1.54) is 58.5 Å². The van der Waals surface area contributed by atoms with Gasteiger partial charge < -0.3 is 9.47 Å². The summed E-state index contributed by atoms with van der Waals surface area (Å²) in [7, 11) is 1.52. The monoisotopic (exact) mass is 364 g/mol. The first-order chi connectivity index (χ1) is 12.8. The van der Waals surface area contributed by atoms with E-state index in [0.29, 0.717) is 12.4 Å². The molecular weight excluding hydrogens is 324 g/mol. The van der Waals surface area contributed by atoms with E-state index >= 15 is 0 Å². The third-order valence-electron chi connectivity index (χ3n) is 4.19. The lowest BCUT2D eigenvalue weighted by atomic mass is 10.1. The van der Waals surface area contributed by atoms with Crippen LogP contribution in [0.25, 0.3) is 0 Å². The van der Waals surface area contributed by atoms with Crippen molar-refractivity contribution in [2.75, 3.05) is 13.7 Å². The predicted octanol–water partition coefficient (Wildman–Crippen LogP) is 6.89. The number of carbonyl (C=O) groups excluding carboxylic acids is 1. The van der Waals surface area contributed by atoms with Crippen molar-refractivity contribution in [3.05, 3.63) is 36.1 Å². The zero-order valence-electron chi connectivity index (χ0n) is 17.3. The van der Waals surface area contributed by atoms with Crippen molar-refractivity contribution in [3.8, 4) is 0 Å². The Kier molecular flexibility index (Phi) is 18.7. The van der Waals surface area contributed by atoms with Crippen LogP contribution in [0.4, 0.5) is 0 Å². The summed E-state index contributed by atoms with van der Waals surface area (Å²) in [4.78, 5) is 11.5. The van der Waals surface area contributed by atoms with E-state index in [-0.39, 0.29) is 5.97 Å². The largest absolute Gasteiger partial charge is 0.490 e. The van der Waals surface area contributed by atoms with Gasteiger partial charge in [0.2, 0.25) is 0 Å². The summed E-state index contributed by atoms with van der Waals surface area (Å²) < 4.78 is 10.0. The number of methoxy groups -OCH3 is 1. The van der Waals surface area contributed by atoms with Crippen LogP contribution in [0, 0.1) is 0 Å². The standard InChI is InChI=1S/C23H40O3/c1-4-6-7-8-9-10-11-12-13-14-15-16-17-18-19-20-21-22(25-3)23(24)26-5-2/h6-7,9-10,21H,4-5,8,11-20H2,1-3H3. The van der Waals surface area contributed by atoms with Crippen LogP contribution in [0.5, 0.6) is 0 Å². The first-order valence-corrected chi connectivity index (χ1v) is 10.5. The SMILES string of the molecule is CCC=CCC=CCCCCCCCCCCC=C(OC)C(=O)OCC. The Balaban J connectivity index is 3.43. The summed E-state index contributed by atoms with van der Waals surface area (Å²) in [5, 5.41) is 0. The van der Waals surface area contributed by atoms with Gasteiger partial charge in [0.1, 0.15) is 0 Å². The molecule has 0 spiro atoms. The van der Waals surface area contributed by atoms with Gasteiger partial charge in [-0.3, -0.25) is 0 Å². The van der Waals surface area contributed by atoms with Gasteiger partial charge in [-0.1, -0.05) is 69.8 Å². The van der Waals surface area contributed by atoms with Gasteiger partial charge in [-0.2, -0.15) is 0 Å². The summed E-state index contributed by atoms with van der Waals surface area (Å²) in [5.41, 5.74) is 0. The number of allylic oxidation sites excluding steroid dienone is 5. The molecule has 0 saturated heterocycles. The lowest BCUT2D eigenvalue weighted by Crippen LogP contribution is -2.09. The molecule has 0 heterocycles. The van der Waals surface area contributed by atoms with Crippen molar-refractivity contribution >= 4 is 5.97 Å². The zero-order valence-corrected chi connectivity index (χ0v) is 17.3. The molecule has 0 aromatic carbocycles. The summed E-state index contributed by atoms with van der Waals surface area (Å²) in [6, 6.07) is 0. The number of esters is 1. The average Bonchev–Trinajstić information content (AvgIpc) is 2.64. The van der Waals surface area contributed by atoms with Crippen LogP contribution in [0.1, 0.15) is 90.9 Å². The highest BCUT2D eigenvalue weighted by atomic mass is 16.6. The molecule has 0 aliphatic rings. The van der Waals surface area contributed by atoms with Crippen molar-refractivity contribution in [2.45, 2.75) is 90.9 Å². The fourth-order valence-corrected chi connectivity index (χ4v) is 2.71. The Morgan fingerprint density at radius 1 is 0.769 bits per heavy atom. The van der Waals surface area contributed by atoms with Crippen molar-refractivity contribution in [2.24, 2.45) is 0 Å². The maximum absolute atomic E-state index is 11.5. The molecule has 0 fully saturated rings. The fraction of sp³-hybridized carbons (Fsp3) is 0.696. The van der Waals surface area contributed by atoms with Gasteiger partial charge in [0.15, 0.2) is 5.76 Å². The topological polar surface area (TPSA) is 35.5 Å². The molecule has 26 heavy (non-hydrogen) atoms. The van der Waals surface area contributed by atoms with Crippen LogP contribution in [0.3, 0.4) is 0 Å². The van der Waals surface area contributed by atoms with Crippen LogP contribution >= 0.6 is 0 Å². The number of hydrogen-bond donors (Lipinski definition) is 0. The molecule has 0 unspecified atom stereocenters. The Morgan fingerprint density at radius 3 is 1.92 bits per heavy atom. The van der Waals surface area contributed by atoms with E-state index in [0.717, 1.165) is 25.7 Å². The van der Waals surface area contributed by atoms with E-state index < -0.39 is 0 Å². The van der Waals surface area contributed by atoms with Gasteiger partial charge in [-0.05, 0) is 51.5 Å². The van der Waals surface area contributed by atoms with E-state index in [4.69, 9.17) is 9.47 Å². The molecular formula is C23H40O3. The molecule has 0 saturated carbocycles. The molecule has 0 radical (unpaired) electrons. The number of ether oxygens (including phenoxy) is 2.